The van der Waals surface area contributed by atoms with Gasteiger partial charge in [0.25, 0.3) is 0 Å². The first-order chi connectivity index (χ1) is 4.77. The molecule has 0 radical (unpaired) electrons. The van der Waals surface area contributed by atoms with Gasteiger partial charge < -0.3 is 10.5 Å². The molecule has 3 nitrogen and oxygen atoms in total. The zero-order chi connectivity index (χ0) is 8.41. The maximum Gasteiger partial charge on any atom is 0.155 e. The highest BCUT2D eigenvalue weighted by atomic mass is 16.5. The molecule has 0 aliphatic carbocycles. The normalized spacial score (nSPS) is 8.00. The van der Waals surface area contributed by atoms with Crippen LogP contribution in [0.3, 0.4) is 0 Å². The third-order valence-corrected chi connectivity index (χ3v) is 0.568. The van der Waals surface area contributed by atoms with Crippen LogP contribution in [0.4, 0.5) is 0 Å². The molecule has 0 unspecified atom stereocenters. The van der Waals surface area contributed by atoms with Crippen LogP contribution in [-0.2, 0) is 9.53 Å². The molecule has 0 aromatic carbocycles. The van der Waals surface area contributed by atoms with Crippen LogP contribution in [0.2, 0.25) is 0 Å². The number of carbonyl (C=O) groups excluding carboxylic acids is 1. The van der Waals surface area contributed by atoms with Gasteiger partial charge in [0.2, 0.25) is 0 Å². The van der Waals surface area contributed by atoms with Crippen LogP contribution in [0.25, 0.3) is 0 Å². The highest BCUT2D eigenvalue weighted by Gasteiger charge is 1.88. The number of nitrogens with two attached hydrogens (primary N) is 1. The lowest BCUT2D eigenvalue weighted by Crippen LogP contribution is -2.12. The van der Waals surface area contributed by atoms with E-state index in [2.05, 4.69) is 0 Å². The van der Waals surface area contributed by atoms with Gasteiger partial charge in [0, 0.05) is 7.97 Å². The summed E-state index contributed by atoms with van der Waals surface area (Å²) in [6, 6.07) is 0. The Bertz CT molecular complexity index is 78.8. The van der Waals surface area contributed by atoms with Crippen molar-refractivity contribution in [3.63, 3.8) is 0 Å². The van der Waals surface area contributed by atoms with E-state index in [1.807, 2.05) is 13.8 Å². The van der Waals surface area contributed by atoms with Crippen molar-refractivity contribution < 1.29 is 11.0 Å². The van der Waals surface area contributed by atoms with Crippen LogP contribution in [0.15, 0.2) is 0 Å². The van der Waals surface area contributed by atoms with E-state index in [0.717, 1.165) is 0 Å². The van der Waals surface area contributed by atoms with Crippen molar-refractivity contribution in [2.24, 2.45) is 5.73 Å². The summed E-state index contributed by atoms with van der Waals surface area (Å²) >= 11 is 0. The molecule has 0 aliphatic heterocycles. The number of hydrogen-bond donors (Lipinski definition) is 1. The van der Waals surface area contributed by atoms with E-state index < -0.39 is 0 Å². The molecule has 0 bridgehead atoms. The largest absolute Gasteiger partial charge is 0.372 e. The van der Waals surface area contributed by atoms with E-state index in [1.54, 1.807) is 0 Å². The Kier molecular flexibility index (Phi) is 14.0. The lowest BCUT2D eigenvalue weighted by molar-refractivity contribution is -0.121. The topological polar surface area (TPSA) is 52.3 Å². The Morgan fingerprint density at radius 3 is 2.40 bits per heavy atom. The molecule has 0 aromatic rings. The van der Waals surface area contributed by atoms with E-state index in [-0.39, 0.29) is 13.8 Å². The van der Waals surface area contributed by atoms with Crippen LogP contribution in [-0.4, -0.2) is 25.5 Å². The first kappa shape index (κ1) is 12.3. The lowest BCUT2D eigenvalue weighted by atomic mass is 10.5. The average Bonchev–Trinajstić information content (AvgIpc) is 1.92. The van der Waals surface area contributed by atoms with Crippen LogP contribution in [0.1, 0.15) is 22.2 Å². The van der Waals surface area contributed by atoms with Gasteiger partial charge in [-0.25, -0.2) is 0 Å². The maximum atomic E-state index is 10.2. The van der Waals surface area contributed by atoms with Crippen molar-refractivity contribution in [3.8, 4) is 0 Å². The molecular weight excluding hydrogens is 130 g/mol. The van der Waals surface area contributed by atoms with Gasteiger partial charge in [-0.05, 0) is 6.92 Å². The Labute approximate surface area is 64.0 Å². The molecule has 0 aliphatic rings. The molecule has 0 saturated carbocycles. The van der Waals surface area contributed by atoms with E-state index in [9.17, 15) is 4.79 Å². The summed E-state index contributed by atoms with van der Waals surface area (Å²) in [6.07, 6.45) is 0. The summed E-state index contributed by atoms with van der Waals surface area (Å²) in [7, 11) is 0. The fourth-order valence-electron chi connectivity index (χ4n) is 0.299. The fourth-order valence-corrected chi connectivity index (χ4v) is 0.299. The van der Waals surface area contributed by atoms with Gasteiger partial charge in [0.05, 0.1) is 6.61 Å². The number of ketones is 1. The van der Waals surface area contributed by atoms with Gasteiger partial charge >= 0.3 is 0 Å². The van der Waals surface area contributed by atoms with Crippen molar-refractivity contribution >= 4 is 5.78 Å². The standard InChI is InChI=1S/C5H11NO2.C2H6.H2/c1-5(7)4-8-3-2-6;1-2;/h2-4,6H2,1H3;1-2H3;1H. The Morgan fingerprint density at radius 1 is 1.60 bits per heavy atom. The average molecular weight is 149 g/mol. The molecule has 10 heavy (non-hydrogen) atoms. The second-order valence-corrected chi connectivity index (χ2v) is 1.54. The molecule has 0 fully saturated rings. The van der Waals surface area contributed by atoms with Crippen molar-refractivity contribution in [1.29, 1.82) is 0 Å². The number of carbonyl (C=O) groups is 1. The van der Waals surface area contributed by atoms with Crippen LogP contribution >= 0.6 is 0 Å². The number of hydrogen-bond acceptors (Lipinski definition) is 3. The second kappa shape index (κ2) is 11.4. The highest BCUT2D eigenvalue weighted by molar-refractivity contribution is 5.76. The molecular formula is C7H19NO2. The lowest BCUT2D eigenvalue weighted by Gasteiger charge is -1.95. The van der Waals surface area contributed by atoms with Gasteiger partial charge in [0.1, 0.15) is 6.61 Å². The Balaban J connectivity index is -0.000000196. The Morgan fingerprint density at radius 2 is 2.10 bits per heavy atom. The van der Waals surface area contributed by atoms with Gasteiger partial charge in [-0.1, -0.05) is 13.8 Å². The number of rotatable bonds is 4. The van der Waals surface area contributed by atoms with E-state index in [1.165, 1.54) is 6.92 Å². The van der Waals surface area contributed by atoms with Crippen molar-refractivity contribution in [2.45, 2.75) is 20.8 Å². The zero-order valence-electron chi connectivity index (χ0n) is 7.02. The number of ether oxygens (including phenoxy) is 1. The molecule has 2 N–H and O–H groups in total. The minimum absolute atomic E-state index is 0. The molecule has 0 aromatic heterocycles. The van der Waals surface area contributed by atoms with E-state index >= 15 is 0 Å². The summed E-state index contributed by atoms with van der Waals surface area (Å²) in [5.74, 6) is 0.0402. The summed E-state index contributed by atoms with van der Waals surface area (Å²) in [5, 5.41) is 0. The number of Topliss-reactive ketones (excluding diaryl/α,β-unsaturated/α-hetero) is 1. The summed E-state index contributed by atoms with van der Waals surface area (Å²) in [5.41, 5.74) is 5.08. The van der Waals surface area contributed by atoms with Crippen molar-refractivity contribution in [2.75, 3.05) is 19.8 Å². The summed E-state index contributed by atoms with van der Waals surface area (Å²) in [4.78, 5) is 10.2. The maximum absolute atomic E-state index is 10.2. The van der Waals surface area contributed by atoms with Gasteiger partial charge in [0.15, 0.2) is 5.78 Å². The third kappa shape index (κ3) is 15.6. The summed E-state index contributed by atoms with van der Waals surface area (Å²) in [6.45, 7) is 6.63. The van der Waals surface area contributed by atoms with Crippen LogP contribution in [0.5, 0.6) is 0 Å². The van der Waals surface area contributed by atoms with E-state index in [4.69, 9.17) is 10.5 Å². The van der Waals surface area contributed by atoms with Gasteiger partial charge in [-0.2, -0.15) is 0 Å². The molecule has 0 amide bonds. The van der Waals surface area contributed by atoms with Gasteiger partial charge in [-0.15, -0.1) is 0 Å². The SMILES string of the molecule is CC.CC(=O)COCCN.[HH]. The molecule has 0 spiro atoms. The smallest absolute Gasteiger partial charge is 0.155 e. The molecule has 3 heteroatoms. The van der Waals surface area contributed by atoms with E-state index in [0.29, 0.717) is 13.2 Å². The first-order valence-electron chi connectivity index (χ1n) is 3.54. The highest BCUT2D eigenvalue weighted by Crippen LogP contribution is 1.72. The predicted octanol–water partition coefficient (Wildman–Crippen LogP) is 0.823. The minimum Gasteiger partial charge on any atom is -0.372 e. The summed E-state index contributed by atoms with van der Waals surface area (Å²) < 4.78 is 4.77. The molecule has 0 rings (SSSR count). The van der Waals surface area contributed by atoms with Crippen molar-refractivity contribution in [1.82, 2.24) is 0 Å². The zero-order valence-corrected chi connectivity index (χ0v) is 7.02. The first-order valence-corrected chi connectivity index (χ1v) is 3.54. The minimum atomic E-state index is 0. The van der Waals surface area contributed by atoms with Crippen molar-refractivity contribution in [3.05, 3.63) is 0 Å². The second-order valence-electron chi connectivity index (χ2n) is 1.54. The third-order valence-electron chi connectivity index (χ3n) is 0.568. The monoisotopic (exact) mass is 149 g/mol. The van der Waals surface area contributed by atoms with Crippen LogP contribution < -0.4 is 5.73 Å². The van der Waals surface area contributed by atoms with Gasteiger partial charge in [-0.3, -0.25) is 4.79 Å². The van der Waals surface area contributed by atoms with Crippen LogP contribution in [0, 0.1) is 0 Å². The fraction of sp³-hybridized carbons (Fsp3) is 0.857. The molecule has 0 saturated heterocycles. The molecule has 0 atom stereocenters. The quantitative estimate of drug-likeness (QED) is 0.602. The molecule has 0 heterocycles. The predicted molar refractivity (Wildman–Crippen MR) is 44.0 cm³/mol. The Hall–Kier alpha value is -0.410. The molecule has 64 valence electrons.